The van der Waals surface area contributed by atoms with Gasteiger partial charge in [0.05, 0.1) is 25.8 Å². The fraction of sp³-hybridized carbons (Fsp3) is 0.277. The molecule has 0 aliphatic carbocycles. The first-order chi connectivity index (χ1) is 47.6. The molecule has 0 bridgehead atoms. The minimum atomic E-state index is -3.77. The zero-order valence-electron chi connectivity index (χ0n) is 52.2. The molecule has 6 aliphatic rings. The number of hydrogen-bond acceptors (Lipinski definition) is 20. The van der Waals surface area contributed by atoms with E-state index in [1.807, 2.05) is 28.0 Å². The van der Waals surface area contributed by atoms with Crippen LogP contribution in [0.1, 0.15) is 45.4 Å². The average Bonchev–Trinajstić information content (AvgIpc) is 1.64. The zero-order chi connectivity index (χ0) is 69.3. The van der Waals surface area contributed by atoms with Gasteiger partial charge in [-0.2, -0.15) is 0 Å². The molecule has 4 fully saturated rings. The summed E-state index contributed by atoms with van der Waals surface area (Å²) < 4.78 is 123. The number of fused-ring (bicyclic) bond motifs is 2. The summed E-state index contributed by atoms with van der Waals surface area (Å²) in [5.74, 6) is -2.27. The van der Waals surface area contributed by atoms with E-state index in [-0.39, 0.29) is 79.5 Å². The number of rotatable bonds is 16. The van der Waals surface area contributed by atoms with Gasteiger partial charge < -0.3 is 29.4 Å². The highest BCUT2D eigenvalue weighted by atomic mass is 35.5. The Balaban J connectivity index is 0.000000214. The van der Waals surface area contributed by atoms with E-state index < -0.39 is 47.5 Å². The number of sulfonamides is 3. The van der Waals surface area contributed by atoms with E-state index in [0.29, 0.717) is 106 Å². The van der Waals surface area contributed by atoms with Gasteiger partial charge in [0.2, 0.25) is 22.9 Å². The predicted octanol–water partition coefficient (Wildman–Crippen LogP) is 12.1. The molecule has 34 heteroatoms. The number of nitrogens with zero attached hydrogens (tertiary/aromatic N) is 11. The van der Waals surface area contributed by atoms with Crippen molar-refractivity contribution in [3.05, 3.63) is 189 Å². The summed E-state index contributed by atoms with van der Waals surface area (Å²) in [6.45, 7) is 5.52. The molecule has 528 valence electrons. The van der Waals surface area contributed by atoms with E-state index in [2.05, 4.69) is 44.1 Å². The van der Waals surface area contributed by atoms with Crippen molar-refractivity contribution < 1.29 is 61.4 Å². The maximum Gasteiger partial charge on any atom is 0.263 e. The monoisotopic (exact) mass is 1510 g/mol. The number of benzene rings is 6. The van der Waals surface area contributed by atoms with Gasteiger partial charge in [0.15, 0.2) is 21.9 Å². The quantitative estimate of drug-likeness (QED) is 0.0811. The lowest BCUT2D eigenvalue weighted by molar-refractivity contribution is -0.122. The third-order valence-corrected chi connectivity index (χ3v) is 24.9. The van der Waals surface area contributed by atoms with Gasteiger partial charge >= 0.3 is 0 Å². The van der Waals surface area contributed by atoms with Crippen molar-refractivity contribution in [2.75, 3.05) is 102 Å². The van der Waals surface area contributed by atoms with Crippen molar-refractivity contribution in [1.29, 1.82) is 0 Å². The highest BCUT2D eigenvalue weighted by Crippen LogP contribution is 2.40. The fourth-order valence-corrected chi connectivity index (χ4v) is 18.8. The summed E-state index contributed by atoms with van der Waals surface area (Å²) in [5.41, 5.74) is 7.81. The van der Waals surface area contributed by atoms with Crippen LogP contribution in [-0.4, -0.2) is 145 Å². The average molecular weight is 1510 g/mol. The summed E-state index contributed by atoms with van der Waals surface area (Å²) in [6.07, 6.45) is 7.54. The molecule has 6 aliphatic heterocycles. The number of aryl methyl sites for hydroxylation is 1. The first kappa shape index (κ1) is 69.0. The number of aromatic nitrogens is 4. The molecule has 0 spiro atoms. The van der Waals surface area contributed by atoms with Crippen molar-refractivity contribution in [2.24, 2.45) is 0 Å². The smallest absolute Gasteiger partial charge is 0.263 e. The lowest BCUT2D eigenvalue weighted by atomic mass is 9.99. The van der Waals surface area contributed by atoms with Crippen molar-refractivity contribution in [3.63, 3.8) is 0 Å². The maximum atomic E-state index is 13.8. The van der Waals surface area contributed by atoms with Crippen LogP contribution >= 0.6 is 57.2 Å². The Bertz CT molecular complexity index is 4840. The van der Waals surface area contributed by atoms with E-state index in [1.54, 1.807) is 74.0 Å². The van der Waals surface area contributed by atoms with Gasteiger partial charge in [-0.05, 0) is 165 Å². The molecule has 6 aromatic carbocycles. The highest BCUT2D eigenvalue weighted by molar-refractivity contribution is 7.93. The van der Waals surface area contributed by atoms with Crippen LogP contribution in [0.2, 0.25) is 10.0 Å². The van der Waals surface area contributed by atoms with Gasteiger partial charge in [0, 0.05) is 136 Å². The van der Waals surface area contributed by atoms with E-state index >= 15 is 0 Å². The van der Waals surface area contributed by atoms with Crippen molar-refractivity contribution in [1.82, 2.24) is 25.1 Å². The lowest BCUT2D eigenvalue weighted by Crippen LogP contribution is -2.52. The number of halogens is 5. The molecule has 0 saturated carbocycles. The number of thiazole rings is 2. The second-order valence-electron chi connectivity index (χ2n) is 23.6. The molecule has 0 radical (unpaired) electrons. The summed E-state index contributed by atoms with van der Waals surface area (Å²) in [5, 5.41) is 12.3. The molecule has 3 N–H and O–H groups in total. The van der Waals surface area contributed by atoms with Gasteiger partial charge in [0.1, 0.15) is 23.4 Å². The Kier molecular flexibility index (Phi) is 20.2. The number of hydrogen-bond donors (Lipinski definition) is 3. The number of amides is 3. The second-order valence-corrected chi connectivity index (χ2v) is 32.1. The molecule has 0 unspecified atom stereocenters. The molecule has 3 atom stereocenters. The Morgan fingerprint density at radius 3 is 1.44 bits per heavy atom. The molecule has 4 saturated heterocycles. The summed E-state index contributed by atoms with van der Waals surface area (Å²) in [7, 11) is -11.3. The van der Waals surface area contributed by atoms with Crippen LogP contribution in [0, 0.1) is 17.5 Å². The van der Waals surface area contributed by atoms with Gasteiger partial charge in [-0.25, -0.2) is 48.4 Å². The van der Waals surface area contributed by atoms with Gasteiger partial charge in [-0.1, -0.05) is 34.5 Å². The van der Waals surface area contributed by atoms with Crippen LogP contribution in [0.4, 0.5) is 62.7 Å². The minimum Gasteiger partial charge on any atom is -0.369 e. The van der Waals surface area contributed by atoms with Gasteiger partial charge in [-0.15, -0.1) is 32.9 Å². The number of nitrogens with one attached hydrogen (secondary N) is 3. The Morgan fingerprint density at radius 1 is 0.475 bits per heavy atom. The van der Waals surface area contributed by atoms with Crippen LogP contribution < -0.4 is 43.6 Å². The van der Waals surface area contributed by atoms with Crippen LogP contribution in [0.5, 0.6) is 0 Å². The highest BCUT2D eigenvalue weighted by Gasteiger charge is 2.42. The normalized spacial score (nSPS) is 18.8. The number of carbonyl (C=O) groups excluding carboxylic acids is 3. The number of carbonyl (C=O) groups is 3. The lowest BCUT2D eigenvalue weighted by Gasteiger charge is -2.38. The molecule has 99 heavy (non-hydrogen) atoms. The third kappa shape index (κ3) is 14.9. The Morgan fingerprint density at radius 2 is 0.949 bits per heavy atom. The van der Waals surface area contributed by atoms with E-state index in [1.165, 1.54) is 94.7 Å². The number of piperazine rings is 1. The van der Waals surface area contributed by atoms with Crippen molar-refractivity contribution in [3.8, 4) is 0 Å². The SMILES string of the molecule is O=C1[C@@H](N2CCCc3cc(Cl)ccc32)CCN1c1ccc(S(=O)(=O)Nc2nncs2)cc1.O=C1[C@@H](N2CCN(c3ccc(F)c(F)c3)CC2)CCN1c1ccc(S(=O)(=O)Nc2nccs2)cc1.O=C1[C@@H](N2CCc3c2ccc(F)c3Cl)CCN1c1ccc(S(=O)(=O)Nc2nccs2)cc1.[HH].[HH].[HH].[HH].[HH].[HH]. The summed E-state index contributed by atoms with van der Waals surface area (Å²) in [4.78, 5) is 61.1. The van der Waals surface area contributed by atoms with Crippen LogP contribution in [0.15, 0.2) is 165 Å². The molecule has 9 heterocycles. The topological polar surface area (TPSA) is 264 Å². The van der Waals surface area contributed by atoms with E-state index in [0.717, 1.165) is 53.7 Å². The fourth-order valence-electron chi connectivity index (χ4n) is 13.0. The second kappa shape index (κ2) is 29.0. The first-order valence-corrected chi connectivity index (χ1v) is 39.0. The van der Waals surface area contributed by atoms with Crippen LogP contribution in [0.25, 0.3) is 0 Å². The van der Waals surface area contributed by atoms with E-state index in [4.69, 9.17) is 23.2 Å². The molecule has 3 aromatic heterocycles. The maximum absolute atomic E-state index is 13.8. The molecular formula is C65H73Cl2F3N14O9S6. The first-order valence-electron chi connectivity index (χ1n) is 31.2. The summed E-state index contributed by atoms with van der Waals surface area (Å²) in [6, 6.07) is 30.6. The molecule has 15 rings (SSSR count). The molecule has 23 nitrogen and oxygen atoms in total. The van der Waals surface area contributed by atoms with Gasteiger partial charge in [0.25, 0.3) is 30.1 Å². The van der Waals surface area contributed by atoms with Crippen LogP contribution in [-0.2, 0) is 57.3 Å². The van der Waals surface area contributed by atoms with Crippen molar-refractivity contribution >= 4 is 155 Å². The van der Waals surface area contributed by atoms with Crippen molar-refractivity contribution in [2.45, 2.75) is 71.3 Å². The van der Waals surface area contributed by atoms with Crippen LogP contribution in [0.3, 0.4) is 0 Å². The third-order valence-electron chi connectivity index (χ3n) is 17.9. The molecule has 9 aromatic rings. The van der Waals surface area contributed by atoms with E-state index in [9.17, 15) is 52.8 Å². The Hall–Kier alpha value is -8.47. The van der Waals surface area contributed by atoms with Gasteiger partial charge in [-0.3, -0.25) is 33.4 Å². The zero-order valence-corrected chi connectivity index (χ0v) is 58.6. The standard InChI is InChI=1S/C23H23F2N5O3S2.C21H18ClFN4O3S2.C21H20ClN5O3S2.6H2/c24-19-6-3-17(15-20(19)25)28-10-12-29(13-11-28)21-7-9-30(22(21)31)16-1-4-18(5-2-16)35(32,33)27-23-26-8-14-34-23;22-19-15-7-10-27(17(15)6-5-16(19)23)18-8-11-26(20(18)28)13-1-3-14(4-2-13)32(29,30)25-21-24-9-12-31-21;22-15-3-8-18-14(12-15)2-1-10-27(18)19-9-11-26(20(19)28)16-4-6-17(7-5-16)32(29,30)25-21-24-23-13-31-21;;;;;;/h1-6,8,14-15,21H,7,9-13H2,(H,26,27);1-6,9,12,18H,7-8,10-11H2,(H,24,25);3-8,12-13,19H,1-2,9-11H2,(H,24,25);6*1H/t21-;18-;19-;;;;;;/m000....../s1. The Labute approximate surface area is 599 Å². The predicted molar refractivity (Wildman–Crippen MR) is 391 cm³/mol. The summed E-state index contributed by atoms with van der Waals surface area (Å²) >= 11 is 15.7. The number of anilines is 9. The molecule has 3 amide bonds. The largest absolute Gasteiger partial charge is 0.369 e. The molecular weight excluding hydrogens is 1440 g/mol. The minimum absolute atomic E-state index is 0.